The molecule has 0 aliphatic heterocycles. The molecule has 0 unspecified atom stereocenters. The van der Waals surface area contributed by atoms with Gasteiger partial charge in [0.25, 0.3) is 5.91 Å². The first kappa shape index (κ1) is 13.4. The van der Waals surface area contributed by atoms with Crippen molar-refractivity contribution < 1.29 is 9.53 Å². The molecule has 0 aromatic carbocycles. The fourth-order valence-corrected chi connectivity index (χ4v) is 2.21. The van der Waals surface area contributed by atoms with E-state index < -0.39 is 0 Å². The highest BCUT2D eigenvalue weighted by molar-refractivity contribution is 7.15. The number of pyridine rings is 1. The lowest BCUT2D eigenvalue weighted by Gasteiger charge is -2.04. The van der Waals surface area contributed by atoms with E-state index in [4.69, 9.17) is 4.74 Å². The lowest BCUT2D eigenvalue weighted by Crippen LogP contribution is -2.20. The van der Waals surface area contributed by atoms with Crippen LogP contribution in [0.4, 0.5) is 5.13 Å². The molecular formula is C12H14N4O2S. The van der Waals surface area contributed by atoms with Crippen molar-refractivity contribution in [1.82, 2.24) is 15.2 Å². The number of rotatable bonds is 6. The zero-order valence-electron chi connectivity index (χ0n) is 10.5. The first-order valence-corrected chi connectivity index (χ1v) is 6.74. The van der Waals surface area contributed by atoms with Crippen LogP contribution >= 0.6 is 11.3 Å². The zero-order chi connectivity index (χ0) is 13.5. The summed E-state index contributed by atoms with van der Waals surface area (Å²) in [6.07, 6.45) is 5.08. The molecule has 0 saturated carbocycles. The molecule has 0 atom stereocenters. The molecular weight excluding hydrogens is 264 g/mol. The third-order valence-electron chi connectivity index (χ3n) is 2.18. The van der Waals surface area contributed by atoms with Crippen molar-refractivity contribution in [3.05, 3.63) is 29.5 Å². The van der Waals surface area contributed by atoms with E-state index in [1.54, 1.807) is 24.5 Å². The lowest BCUT2D eigenvalue weighted by molar-refractivity contribution is -0.118. The molecule has 100 valence electrons. The molecule has 0 aliphatic rings. The average molecular weight is 278 g/mol. The Morgan fingerprint density at radius 3 is 3.11 bits per heavy atom. The van der Waals surface area contributed by atoms with Gasteiger partial charge in [0.1, 0.15) is 10.8 Å². The molecule has 0 radical (unpaired) electrons. The monoisotopic (exact) mass is 278 g/mol. The summed E-state index contributed by atoms with van der Waals surface area (Å²) in [5, 5.41) is 12.0. The van der Waals surface area contributed by atoms with Gasteiger partial charge in [-0.25, -0.2) is 0 Å². The van der Waals surface area contributed by atoms with Gasteiger partial charge in [-0.1, -0.05) is 18.3 Å². The molecule has 1 amide bonds. The molecule has 0 saturated heterocycles. The minimum absolute atomic E-state index is 0.0750. The van der Waals surface area contributed by atoms with E-state index in [1.807, 2.05) is 0 Å². The van der Waals surface area contributed by atoms with Crippen LogP contribution in [0.1, 0.15) is 18.4 Å². The van der Waals surface area contributed by atoms with Crippen molar-refractivity contribution in [3.8, 4) is 5.75 Å². The summed E-state index contributed by atoms with van der Waals surface area (Å²) in [6, 6.07) is 3.49. The van der Waals surface area contributed by atoms with E-state index in [0.717, 1.165) is 17.8 Å². The number of aryl methyl sites for hydroxylation is 1. The van der Waals surface area contributed by atoms with Gasteiger partial charge in [0, 0.05) is 12.6 Å². The Morgan fingerprint density at radius 1 is 1.47 bits per heavy atom. The molecule has 19 heavy (non-hydrogen) atoms. The maximum absolute atomic E-state index is 11.6. The molecule has 2 aromatic heterocycles. The predicted molar refractivity (Wildman–Crippen MR) is 72.3 cm³/mol. The second kappa shape index (κ2) is 6.79. The van der Waals surface area contributed by atoms with Crippen LogP contribution in [0.5, 0.6) is 5.75 Å². The van der Waals surface area contributed by atoms with E-state index >= 15 is 0 Å². The number of anilines is 1. The first-order valence-electron chi connectivity index (χ1n) is 5.93. The summed E-state index contributed by atoms with van der Waals surface area (Å²) in [6.45, 7) is 2.00. The second-order valence-electron chi connectivity index (χ2n) is 3.78. The van der Waals surface area contributed by atoms with Crippen molar-refractivity contribution in [2.24, 2.45) is 0 Å². The van der Waals surface area contributed by atoms with Crippen LogP contribution in [-0.2, 0) is 11.2 Å². The van der Waals surface area contributed by atoms with E-state index in [-0.39, 0.29) is 12.5 Å². The van der Waals surface area contributed by atoms with Gasteiger partial charge in [0.2, 0.25) is 5.13 Å². The van der Waals surface area contributed by atoms with Gasteiger partial charge >= 0.3 is 0 Å². The number of carbonyl (C=O) groups excluding carboxylic acids is 1. The summed E-state index contributed by atoms with van der Waals surface area (Å²) in [4.78, 5) is 15.5. The van der Waals surface area contributed by atoms with Gasteiger partial charge in [-0.05, 0) is 18.6 Å². The molecule has 7 heteroatoms. The molecule has 0 bridgehead atoms. The Hall–Kier alpha value is -2.02. The van der Waals surface area contributed by atoms with Gasteiger partial charge in [-0.15, -0.1) is 10.2 Å². The van der Waals surface area contributed by atoms with Crippen molar-refractivity contribution in [3.63, 3.8) is 0 Å². The third kappa shape index (κ3) is 4.29. The highest BCUT2D eigenvalue weighted by atomic mass is 32.1. The van der Waals surface area contributed by atoms with Crippen LogP contribution < -0.4 is 10.1 Å². The van der Waals surface area contributed by atoms with Gasteiger partial charge in [-0.2, -0.15) is 0 Å². The summed E-state index contributed by atoms with van der Waals surface area (Å²) in [5.74, 6) is 0.296. The molecule has 6 nitrogen and oxygen atoms in total. The Balaban J connectivity index is 1.80. The van der Waals surface area contributed by atoms with Crippen LogP contribution in [0.2, 0.25) is 0 Å². The number of amides is 1. The minimum atomic E-state index is -0.261. The van der Waals surface area contributed by atoms with Crippen LogP contribution in [0.3, 0.4) is 0 Å². The first-order chi connectivity index (χ1) is 9.28. The Labute approximate surface area is 114 Å². The van der Waals surface area contributed by atoms with Gasteiger partial charge in [0.15, 0.2) is 6.61 Å². The maximum Gasteiger partial charge on any atom is 0.264 e. The van der Waals surface area contributed by atoms with Crippen LogP contribution in [0.15, 0.2) is 24.5 Å². The topological polar surface area (TPSA) is 77.0 Å². The van der Waals surface area contributed by atoms with Crippen LogP contribution in [0.25, 0.3) is 0 Å². The third-order valence-corrected chi connectivity index (χ3v) is 3.08. The molecule has 1 N–H and O–H groups in total. The number of nitrogens with one attached hydrogen (secondary N) is 1. The molecule has 0 aliphatic carbocycles. The van der Waals surface area contributed by atoms with Crippen molar-refractivity contribution in [2.45, 2.75) is 19.8 Å². The minimum Gasteiger partial charge on any atom is -0.482 e. The van der Waals surface area contributed by atoms with Crippen molar-refractivity contribution in [1.29, 1.82) is 0 Å². The summed E-state index contributed by atoms with van der Waals surface area (Å²) < 4.78 is 5.28. The molecule has 0 fully saturated rings. The lowest BCUT2D eigenvalue weighted by atomic mass is 10.4. The molecule has 0 spiro atoms. The summed E-state index contributed by atoms with van der Waals surface area (Å²) >= 11 is 1.39. The van der Waals surface area contributed by atoms with Crippen molar-refractivity contribution >= 4 is 22.4 Å². The summed E-state index contributed by atoms with van der Waals surface area (Å²) in [5.41, 5.74) is 0. The fourth-order valence-electron chi connectivity index (χ4n) is 1.36. The van der Waals surface area contributed by atoms with E-state index in [2.05, 4.69) is 27.4 Å². The Morgan fingerprint density at radius 2 is 2.37 bits per heavy atom. The van der Waals surface area contributed by atoms with Gasteiger partial charge in [0.05, 0.1) is 6.20 Å². The summed E-state index contributed by atoms with van der Waals surface area (Å²) in [7, 11) is 0. The van der Waals surface area contributed by atoms with E-state index in [0.29, 0.717) is 10.9 Å². The Bertz CT molecular complexity index is 530. The predicted octanol–water partition coefficient (Wildman–Crippen LogP) is 1.90. The number of hydrogen-bond donors (Lipinski definition) is 1. The largest absolute Gasteiger partial charge is 0.482 e. The zero-order valence-corrected chi connectivity index (χ0v) is 11.3. The fraction of sp³-hybridized carbons (Fsp3) is 0.333. The quantitative estimate of drug-likeness (QED) is 0.873. The molecule has 2 aromatic rings. The van der Waals surface area contributed by atoms with Gasteiger partial charge in [-0.3, -0.25) is 15.1 Å². The highest BCUT2D eigenvalue weighted by Gasteiger charge is 2.08. The van der Waals surface area contributed by atoms with Crippen LogP contribution in [-0.4, -0.2) is 27.7 Å². The SMILES string of the molecule is CCCc1nnc(NC(=O)COc2cccnc2)s1. The van der Waals surface area contributed by atoms with Crippen LogP contribution in [0, 0.1) is 0 Å². The second-order valence-corrected chi connectivity index (χ2v) is 4.84. The van der Waals surface area contributed by atoms with E-state index in [9.17, 15) is 4.79 Å². The smallest absolute Gasteiger partial charge is 0.264 e. The number of carbonyl (C=O) groups is 1. The maximum atomic E-state index is 11.6. The normalized spacial score (nSPS) is 10.2. The molecule has 2 heterocycles. The number of hydrogen-bond acceptors (Lipinski definition) is 6. The van der Waals surface area contributed by atoms with Gasteiger partial charge < -0.3 is 4.74 Å². The number of nitrogens with zero attached hydrogens (tertiary/aromatic N) is 3. The number of ether oxygens (including phenoxy) is 1. The number of aromatic nitrogens is 3. The average Bonchev–Trinajstić information content (AvgIpc) is 2.85. The standard InChI is InChI=1S/C12H14N4O2S/c1-2-4-11-15-16-12(19-11)14-10(17)8-18-9-5-3-6-13-7-9/h3,5-7H,2,4,8H2,1H3,(H,14,16,17). The molecule has 2 rings (SSSR count). The van der Waals surface area contributed by atoms with Crippen molar-refractivity contribution in [2.75, 3.05) is 11.9 Å². The highest BCUT2D eigenvalue weighted by Crippen LogP contribution is 2.16. The van der Waals surface area contributed by atoms with E-state index in [1.165, 1.54) is 11.3 Å². The Kier molecular flexibility index (Phi) is 4.79.